The van der Waals surface area contributed by atoms with Crippen LogP contribution in [-0.4, -0.2) is 32.1 Å². The van der Waals surface area contributed by atoms with E-state index in [4.69, 9.17) is 9.47 Å². The molecule has 7 heteroatoms. The Kier molecular flexibility index (Phi) is 6.13. The average Bonchev–Trinajstić information content (AvgIpc) is 2.60. The zero-order valence-corrected chi connectivity index (χ0v) is 13.2. The van der Waals surface area contributed by atoms with Crippen molar-refractivity contribution in [2.24, 2.45) is 0 Å². The Bertz CT molecular complexity index is 700. The molecule has 2 rings (SSSR count). The standard InChI is InChI=1S/C17H18N2O5/c1-23-14-7-5-13(6-8-14)9-10-18-16(20)12-24-17(21)15-4-2-3-11-19(15)22/h2-8,11H,9-10,12H2,1H3,(H,18,20). The van der Waals surface area contributed by atoms with Crippen molar-refractivity contribution in [3.63, 3.8) is 0 Å². The van der Waals surface area contributed by atoms with E-state index in [1.54, 1.807) is 13.2 Å². The number of nitrogens with zero attached hydrogens (tertiary/aromatic N) is 1. The van der Waals surface area contributed by atoms with Gasteiger partial charge in [0.05, 0.1) is 7.11 Å². The summed E-state index contributed by atoms with van der Waals surface area (Å²) in [6.07, 6.45) is 1.83. The molecule has 1 amide bonds. The number of nitrogens with one attached hydrogen (secondary N) is 1. The minimum atomic E-state index is -0.837. The molecule has 1 aromatic heterocycles. The van der Waals surface area contributed by atoms with Crippen molar-refractivity contribution >= 4 is 11.9 Å². The molecule has 0 bridgehead atoms. The molecule has 126 valence electrons. The minimum Gasteiger partial charge on any atom is -0.618 e. The molecule has 0 unspecified atom stereocenters. The van der Waals surface area contributed by atoms with Crippen molar-refractivity contribution in [3.8, 4) is 5.75 Å². The topological polar surface area (TPSA) is 91.6 Å². The van der Waals surface area contributed by atoms with Crippen LogP contribution in [0.3, 0.4) is 0 Å². The third-order valence-electron chi connectivity index (χ3n) is 3.26. The number of carbonyl (C=O) groups is 2. The lowest BCUT2D eigenvalue weighted by Gasteiger charge is -2.07. The van der Waals surface area contributed by atoms with Gasteiger partial charge in [0.15, 0.2) is 12.8 Å². The van der Waals surface area contributed by atoms with Gasteiger partial charge in [-0.25, -0.2) is 4.79 Å². The normalized spacial score (nSPS) is 10.0. The summed E-state index contributed by atoms with van der Waals surface area (Å²) in [7, 11) is 1.60. The van der Waals surface area contributed by atoms with E-state index in [1.165, 1.54) is 18.3 Å². The summed E-state index contributed by atoms with van der Waals surface area (Å²) in [5.74, 6) is -0.493. The smallest absolute Gasteiger partial charge is 0.405 e. The van der Waals surface area contributed by atoms with Gasteiger partial charge in [0.25, 0.3) is 5.91 Å². The van der Waals surface area contributed by atoms with Crippen LogP contribution in [0.25, 0.3) is 0 Å². The Balaban J connectivity index is 1.71. The molecule has 1 N–H and O–H groups in total. The number of ether oxygens (including phenoxy) is 2. The van der Waals surface area contributed by atoms with Gasteiger partial charge in [0.2, 0.25) is 0 Å². The summed E-state index contributed by atoms with van der Waals surface area (Å²) in [4.78, 5) is 23.4. The van der Waals surface area contributed by atoms with Crippen LogP contribution >= 0.6 is 0 Å². The Hall–Kier alpha value is -3.09. The molecule has 0 aliphatic rings. The third kappa shape index (κ3) is 4.98. The average molecular weight is 330 g/mol. The van der Waals surface area contributed by atoms with Gasteiger partial charge in [0.1, 0.15) is 5.75 Å². The fourth-order valence-corrected chi connectivity index (χ4v) is 1.98. The number of rotatable bonds is 7. The Labute approximate surface area is 139 Å². The molecule has 24 heavy (non-hydrogen) atoms. The molecule has 0 saturated carbocycles. The first-order valence-electron chi connectivity index (χ1n) is 7.35. The van der Waals surface area contributed by atoms with Crippen molar-refractivity contribution < 1.29 is 23.8 Å². The van der Waals surface area contributed by atoms with Gasteiger partial charge in [-0.1, -0.05) is 12.1 Å². The number of hydrogen-bond donors (Lipinski definition) is 1. The van der Waals surface area contributed by atoms with E-state index in [1.807, 2.05) is 24.3 Å². The van der Waals surface area contributed by atoms with Crippen LogP contribution < -0.4 is 14.8 Å². The SMILES string of the molecule is COc1ccc(CCNC(=O)COC(=O)c2cccc[n+]2[O-])cc1. The van der Waals surface area contributed by atoms with Gasteiger partial charge in [0, 0.05) is 18.7 Å². The fourth-order valence-electron chi connectivity index (χ4n) is 1.98. The van der Waals surface area contributed by atoms with Crippen LogP contribution in [-0.2, 0) is 16.0 Å². The number of aromatic nitrogens is 1. The second-order valence-corrected chi connectivity index (χ2v) is 4.94. The van der Waals surface area contributed by atoms with Crippen molar-refractivity contribution in [3.05, 3.63) is 65.1 Å². The number of methoxy groups -OCH3 is 1. The summed E-state index contributed by atoms with van der Waals surface area (Å²) in [6, 6.07) is 11.9. The van der Waals surface area contributed by atoms with Crippen LogP contribution in [0.5, 0.6) is 5.75 Å². The second kappa shape index (κ2) is 8.52. The molecular formula is C17H18N2O5. The van der Waals surface area contributed by atoms with Gasteiger partial charge in [-0.3, -0.25) is 4.79 Å². The number of amides is 1. The molecule has 7 nitrogen and oxygen atoms in total. The predicted octanol–water partition coefficient (Wildman–Crippen LogP) is 0.844. The van der Waals surface area contributed by atoms with Crippen molar-refractivity contribution in [1.82, 2.24) is 5.32 Å². The third-order valence-corrected chi connectivity index (χ3v) is 3.26. The van der Waals surface area contributed by atoms with Crippen LogP contribution in [0.2, 0.25) is 0 Å². The summed E-state index contributed by atoms with van der Waals surface area (Å²) in [5.41, 5.74) is 0.883. The van der Waals surface area contributed by atoms with Crippen molar-refractivity contribution in [2.75, 3.05) is 20.3 Å². The minimum absolute atomic E-state index is 0.163. The Morgan fingerprint density at radius 2 is 1.92 bits per heavy atom. The molecule has 0 spiro atoms. The van der Waals surface area contributed by atoms with Gasteiger partial charge >= 0.3 is 11.7 Å². The summed E-state index contributed by atoms with van der Waals surface area (Å²) in [5, 5.41) is 14.0. The Morgan fingerprint density at radius 1 is 1.17 bits per heavy atom. The number of pyridine rings is 1. The quantitative estimate of drug-likeness (QED) is 0.461. The molecule has 2 aromatic rings. The lowest BCUT2D eigenvalue weighted by Crippen LogP contribution is -2.36. The van der Waals surface area contributed by atoms with Crippen LogP contribution in [0.4, 0.5) is 0 Å². The zero-order chi connectivity index (χ0) is 17.4. The predicted molar refractivity (Wildman–Crippen MR) is 85.4 cm³/mol. The maximum Gasteiger partial charge on any atom is 0.405 e. The van der Waals surface area contributed by atoms with E-state index in [0.29, 0.717) is 17.7 Å². The van der Waals surface area contributed by atoms with Gasteiger partial charge in [-0.05, 0) is 30.2 Å². The first-order valence-corrected chi connectivity index (χ1v) is 7.35. The highest BCUT2D eigenvalue weighted by atomic mass is 16.5. The highest BCUT2D eigenvalue weighted by molar-refractivity contribution is 5.88. The number of esters is 1. The molecule has 0 saturated heterocycles. The first-order chi connectivity index (χ1) is 11.6. The lowest BCUT2D eigenvalue weighted by molar-refractivity contribution is -0.608. The summed E-state index contributed by atoms with van der Waals surface area (Å²) >= 11 is 0. The molecule has 0 aliphatic heterocycles. The van der Waals surface area contributed by atoms with Crippen LogP contribution in [0.15, 0.2) is 48.7 Å². The van der Waals surface area contributed by atoms with E-state index in [9.17, 15) is 14.8 Å². The van der Waals surface area contributed by atoms with E-state index < -0.39 is 18.5 Å². The maximum atomic E-state index is 11.7. The number of carbonyl (C=O) groups excluding carboxylic acids is 2. The summed E-state index contributed by atoms with van der Waals surface area (Å²) in [6.45, 7) is -0.0219. The molecule has 0 aliphatic carbocycles. The highest BCUT2D eigenvalue weighted by Crippen LogP contribution is 2.11. The van der Waals surface area contributed by atoms with Crippen LogP contribution in [0.1, 0.15) is 16.1 Å². The summed E-state index contributed by atoms with van der Waals surface area (Å²) < 4.78 is 10.3. The molecule has 0 fully saturated rings. The van der Waals surface area contributed by atoms with E-state index in [-0.39, 0.29) is 5.69 Å². The molecule has 1 heterocycles. The van der Waals surface area contributed by atoms with E-state index in [2.05, 4.69) is 5.32 Å². The Morgan fingerprint density at radius 3 is 2.58 bits per heavy atom. The molecule has 0 radical (unpaired) electrons. The second-order valence-electron chi connectivity index (χ2n) is 4.94. The number of hydrogen-bond acceptors (Lipinski definition) is 5. The van der Waals surface area contributed by atoms with Gasteiger partial charge < -0.3 is 20.0 Å². The molecule has 0 atom stereocenters. The zero-order valence-electron chi connectivity index (χ0n) is 13.2. The monoisotopic (exact) mass is 330 g/mol. The fraction of sp³-hybridized carbons (Fsp3) is 0.235. The van der Waals surface area contributed by atoms with Crippen LogP contribution in [0, 0.1) is 5.21 Å². The highest BCUT2D eigenvalue weighted by Gasteiger charge is 2.17. The van der Waals surface area contributed by atoms with E-state index in [0.717, 1.165) is 11.3 Å². The molecular weight excluding hydrogens is 312 g/mol. The molecule has 1 aromatic carbocycles. The largest absolute Gasteiger partial charge is 0.618 e. The van der Waals surface area contributed by atoms with Crippen molar-refractivity contribution in [1.29, 1.82) is 0 Å². The maximum absolute atomic E-state index is 11.7. The van der Waals surface area contributed by atoms with Gasteiger partial charge in [-0.15, -0.1) is 0 Å². The van der Waals surface area contributed by atoms with E-state index >= 15 is 0 Å². The lowest BCUT2D eigenvalue weighted by atomic mass is 10.1. The number of benzene rings is 1. The van der Waals surface area contributed by atoms with Gasteiger partial charge in [-0.2, -0.15) is 4.73 Å². The van der Waals surface area contributed by atoms with Crippen molar-refractivity contribution in [2.45, 2.75) is 6.42 Å². The first kappa shape index (κ1) is 17.3.